The van der Waals surface area contributed by atoms with Crippen molar-refractivity contribution in [3.05, 3.63) is 0 Å². The predicted octanol–water partition coefficient (Wildman–Crippen LogP) is 0.929. The maximum atomic E-state index is 12.2. The first-order valence-electron chi connectivity index (χ1n) is 7.47. The molecule has 0 aromatic heterocycles. The highest BCUT2D eigenvalue weighted by Gasteiger charge is 2.30. The summed E-state index contributed by atoms with van der Waals surface area (Å²) in [7, 11) is 0. The minimum Gasteiger partial charge on any atom is -0.341 e. The molecule has 0 aromatic rings. The first kappa shape index (κ1) is 13.8. The number of likely N-dealkylation sites (N-methyl/N-ethyl adjacent to an activating group) is 1. The molecule has 2 saturated heterocycles. The molecule has 0 aromatic carbocycles. The van der Waals surface area contributed by atoms with Crippen LogP contribution < -0.4 is 5.32 Å². The first-order chi connectivity index (χ1) is 8.74. The van der Waals surface area contributed by atoms with E-state index in [9.17, 15) is 4.79 Å². The highest BCUT2D eigenvalue weighted by Crippen LogP contribution is 2.19. The van der Waals surface area contributed by atoms with Gasteiger partial charge in [0.05, 0.1) is 0 Å². The quantitative estimate of drug-likeness (QED) is 0.792. The molecule has 0 bridgehead atoms. The van der Waals surface area contributed by atoms with Crippen LogP contribution in [-0.4, -0.2) is 61.0 Å². The molecule has 2 atom stereocenters. The number of carbonyl (C=O) groups is 1. The molecule has 0 spiro atoms. The fraction of sp³-hybridized carbons (Fsp3) is 0.929. The van der Waals surface area contributed by atoms with Gasteiger partial charge < -0.3 is 10.2 Å². The number of hydrogen-bond acceptors (Lipinski definition) is 3. The normalized spacial score (nSPS) is 28.3. The summed E-state index contributed by atoms with van der Waals surface area (Å²) < 4.78 is 0. The molecular weight excluding hydrogens is 226 g/mol. The average Bonchev–Trinajstić information content (AvgIpc) is 3.01. The van der Waals surface area contributed by atoms with Gasteiger partial charge in [-0.3, -0.25) is 9.69 Å². The van der Waals surface area contributed by atoms with Gasteiger partial charge in [-0.25, -0.2) is 0 Å². The van der Waals surface area contributed by atoms with Crippen molar-refractivity contribution in [3.8, 4) is 0 Å². The largest absolute Gasteiger partial charge is 0.341 e. The summed E-state index contributed by atoms with van der Waals surface area (Å²) in [6, 6.07) is 0.589. The van der Waals surface area contributed by atoms with Gasteiger partial charge in [0.1, 0.15) is 0 Å². The van der Waals surface area contributed by atoms with Crippen LogP contribution >= 0.6 is 0 Å². The Morgan fingerprint density at radius 3 is 2.72 bits per heavy atom. The van der Waals surface area contributed by atoms with Gasteiger partial charge in [-0.15, -0.1) is 0 Å². The Labute approximate surface area is 111 Å². The Bertz CT molecular complexity index is 272. The highest BCUT2D eigenvalue weighted by atomic mass is 16.2. The van der Waals surface area contributed by atoms with E-state index < -0.39 is 0 Å². The minimum absolute atomic E-state index is 0.373. The van der Waals surface area contributed by atoms with E-state index in [-0.39, 0.29) is 0 Å². The molecule has 2 unspecified atom stereocenters. The molecule has 2 aliphatic heterocycles. The van der Waals surface area contributed by atoms with Crippen molar-refractivity contribution >= 4 is 5.91 Å². The summed E-state index contributed by atoms with van der Waals surface area (Å²) in [5.41, 5.74) is 0. The molecule has 104 valence electrons. The van der Waals surface area contributed by atoms with Crippen molar-refractivity contribution in [1.82, 2.24) is 15.1 Å². The summed E-state index contributed by atoms with van der Waals surface area (Å²) >= 11 is 0. The smallest absolute Gasteiger partial charge is 0.222 e. The monoisotopic (exact) mass is 253 g/mol. The SMILES string of the molecule is CCN(CC)C1CCN(C(=O)CC2CCNC2)C1. The molecule has 1 amide bonds. The second-order valence-corrected chi connectivity index (χ2v) is 5.57. The van der Waals surface area contributed by atoms with E-state index in [1.807, 2.05) is 0 Å². The second-order valence-electron chi connectivity index (χ2n) is 5.57. The molecule has 18 heavy (non-hydrogen) atoms. The Hall–Kier alpha value is -0.610. The highest BCUT2D eigenvalue weighted by molar-refractivity contribution is 5.76. The number of nitrogens with one attached hydrogen (secondary N) is 1. The number of rotatable bonds is 5. The zero-order valence-electron chi connectivity index (χ0n) is 11.8. The lowest BCUT2D eigenvalue weighted by Crippen LogP contribution is -2.39. The van der Waals surface area contributed by atoms with E-state index >= 15 is 0 Å². The summed E-state index contributed by atoms with van der Waals surface area (Å²) in [5.74, 6) is 0.948. The van der Waals surface area contributed by atoms with E-state index in [0.717, 1.165) is 52.1 Å². The van der Waals surface area contributed by atoms with Gasteiger partial charge in [0, 0.05) is 25.6 Å². The van der Waals surface area contributed by atoms with Gasteiger partial charge in [-0.2, -0.15) is 0 Å². The minimum atomic E-state index is 0.373. The topological polar surface area (TPSA) is 35.6 Å². The molecular formula is C14H27N3O. The Balaban J connectivity index is 1.78. The van der Waals surface area contributed by atoms with Crippen LogP contribution in [0.2, 0.25) is 0 Å². The maximum absolute atomic E-state index is 12.2. The van der Waals surface area contributed by atoms with Gasteiger partial charge in [0.15, 0.2) is 0 Å². The molecule has 0 aliphatic carbocycles. The third-order valence-electron chi connectivity index (χ3n) is 4.47. The molecule has 0 saturated carbocycles. The standard InChI is InChI=1S/C14H27N3O/c1-3-16(4-2)13-6-8-17(11-13)14(18)9-12-5-7-15-10-12/h12-13,15H,3-11H2,1-2H3. The van der Waals surface area contributed by atoms with E-state index in [2.05, 4.69) is 29.0 Å². The first-order valence-corrected chi connectivity index (χ1v) is 7.47. The summed E-state index contributed by atoms with van der Waals surface area (Å²) in [4.78, 5) is 16.8. The lowest BCUT2D eigenvalue weighted by atomic mass is 10.0. The molecule has 1 N–H and O–H groups in total. The van der Waals surface area contributed by atoms with Crippen molar-refractivity contribution in [3.63, 3.8) is 0 Å². The van der Waals surface area contributed by atoms with Gasteiger partial charge in [0.2, 0.25) is 5.91 Å². The summed E-state index contributed by atoms with van der Waals surface area (Å²) in [5, 5.41) is 3.33. The lowest BCUT2D eigenvalue weighted by molar-refractivity contribution is -0.131. The van der Waals surface area contributed by atoms with Crippen molar-refractivity contribution in [1.29, 1.82) is 0 Å². The van der Waals surface area contributed by atoms with E-state index in [1.54, 1.807) is 0 Å². The number of carbonyl (C=O) groups excluding carboxylic acids is 1. The van der Waals surface area contributed by atoms with Gasteiger partial charge >= 0.3 is 0 Å². The third kappa shape index (κ3) is 3.23. The number of hydrogen-bond donors (Lipinski definition) is 1. The zero-order chi connectivity index (χ0) is 13.0. The third-order valence-corrected chi connectivity index (χ3v) is 4.47. The molecule has 2 rings (SSSR count). The van der Waals surface area contributed by atoms with E-state index in [1.165, 1.54) is 6.42 Å². The molecule has 2 fully saturated rings. The summed E-state index contributed by atoms with van der Waals surface area (Å²) in [6.45, 7) is 10.6. The van der Waals surface area contributed by atoms with E-state index in [4.69, 9.17) is 0 Å². The molecule has 4 heteroatoms. The van der Waals surface area contributed by atoms with Crippen molar-refractivity contribution in [2.45, 2.75) is 39.2 Å². The van der Waals surface area contributed by atoms with Gasteiger partial charge in [-0.1, -0.05) is 13.8 Å². The Kier molecular flexibility index (Phi) is 5.01. The molecule has 2 aliphatic rings. The van der Waals surface area contributed by atoms with Crippen LogP contribution in [0.25, 0.3) is 0 Å². The average molecular weight is 253 g/mol. The van der Waals surface area contributed by atoms with Crippen LogP contribution in [0.15, 0.2) is 0 Å². The zero-order valence-corrected chi connectivity index (χ0v) is 11.8. The second kappa shape index (κ2) is 6.53. The van der Waals surface area contributed by atoms with Crippen LogP contribution in [0.4, 0.5) is 0 Å². The molecule has 2 heterocycles. The van der Waals surface area contributed by atoms with Crippen LogP contribution in [0.1, 0.15) is 33.1 Å². The molecule has 0 radical (unpaired) electrons. The number of likely N-dealkylation sites (tertiary alicyclic amines) is 1. The van der Waals surface area contributed by atoms with Crippen LogP contribution in [0.3, 0.4) is 0 Å². The number of amides is 1. The lowest BCUT2D eigenvalue weighted by Gasteiger charge is -2.26. The van der Waals surface area contributed by atoms with E-state index in [0.29, 0.717) is 17.9 Å². The summed E-state index contributed by atoms with van der Waals surface area (Å²) in [6.07, 6.45) is 3.06. The maximum Gasteiger partial charge on any atom is 0.222 e. The fourth-order valence-corrected chi connectivity index (χ4v) is 3.27. The van der Waals surface area contributed by atoms with Crippen molar-refractivity contribution < 1.29 is 4.79 Å². The predicted molar refractivity (Wildman–Crippen MR) is 73.5 cm³/mol. The van der Waals surface area contributed by atoms with Crippen LogP contribution in [-0.2, 0) is 4.79 Å². The Morgan fingerprint density at radius 2 is 2.11 bits per heavy atom. The van der Waals surface area contributed by atoms with Crippen LogP contribution in [0.5, 0.6) is 0 Å². The molecule has 4 nitrogen and oxygen atoms in total. The van der Waals surface area contributed by atoms with Crippen molar-refractivity contribution in [2.75, 3.05) is 39.3 Å². The van der Waals surface area contributed by atoms with Gasteiger partial charge in [0.25, 0.3) is 0 Å². The van der Waals surface area contributed by atoms with Crippen LogP contribution in [0, 0.1) is 5.92 Å². The number of nitrogens with zero attached hydrogens (tertiary/aromatic N) is 2. The van der Waals surface area contributed by atoms with Gasteiger partial charge in [-0.05, 0) is 44.9 Å². The van der Waals surface area contributed by atoms with Crippen molar-refractivity contribution in [2.24, 2.45) is 5.92 Å². The Morgan fingerprint density at radius 1 is 1.33 bits per heavy atom. The fourth-order valence-electron chi connectivity index (χ4n) is 3.27.